The van der Waals surface area contributed by atoms with Crippen molar-refractivity contribution in [3.63, 3.8) is 0 Å². The number of benzene rings is 2. The molecule has 4 rings (SSSR count). The standard InChI is InChI=1S/C19H18ClN3O4/c20-13-4-3-5-14(18(13)22-8-10-26-11-9-22)21-17(24)12-23-15-6-1-2-7-16(15)27-19(23)25/h1-7H,8-12H2,(H,21,24). The van der Waals surface area contributed by atoms with Gasteiger partial charge in [-0.3, -0.25) is 9.36 Å². The van der Waals surface area contributed by atoms with Gasteiger partial charge in [0, 0.05) is 13.1 Å². The number of nitrogens with zero attached hydrogens (tertiary/aromatic N) is 2. The number of nitrogens with one attached hydrogen (secondary N) is 1. The number of amides is 1. The molecule has 0 unspecified atom stereocenters. The van der Waals surface area contributed by atoms with Gasteiger partial charge in [-0.05, 0) is 24.3 Å². The fraction of sp³-hybridized carbons (Fsp3) is 0.263. The number of carbonyl (C=O) groups is 1. The van der Waals surface area contributed by atoms with Crippen molar-refractivity contribution in [2.45, 2.75) is 6.54 Å². The van der Waals surface area contributed by atoms with E-state index in [4.69, 9.17) is 20.8 Å². The Bertz CT molecular complexity index is 1040. The number of hydrogen-bond donors (Lipinski definition) is 1. The summed E-state index contributed by atoms with van der Waals surface area (Å²) in [6, 6.07) is 12.4. The summed E-state index contributed by atoms with van der Waals surface area (Å²) in [4.78, 5) is 26.8. The van der Waals surface area contributed by atoms with Crippen LogP contribution in [0.2, 0.25) is 5.02 Å². The molecule has 27 heavy (non-hydrogen) atoms. The molecule has 1 fully saturated rings. The molecular formula is C19H18ClN3O4. The third kappa shape index (κ3) is 3.56. The van der Waals surface area contributed by atoms with Crippen LogP contribution in [-0.4, -0.2) is 36.8 Å². The fourth-order valence-electron chi connectivity index (χ4n) is 3.22. The molecule has 140 valence electrons. The summed E-state index contributed by atoms with van der Waals surface area (Å²) in [6.45, 7) is 2.45. The number of rotatable bonds is 4. The summed E-state index contributed by atoms with van der Waals surface area (Å²) < 4.78 is 11.9. The molecule has 0 atom stereocenters. The molecule has 0 spiro atoms. The first-order valence-electron chi connectivity index (χ1n) is 8.63. The number of carbonyl (C=O) groups excluding carboxylic acids is 1. The quantitative estimate of drug-likeness (QED) is 0.744. The summed E-state index contributed by atoms with van der Waals surface area (Å²) in [6.07, 6.45) is 0. The maximum atomic E-state index is 12.6. The zero-order valence-electron chi connectivity index (χ0n) is 14.5. The van der Waals surface area contributed by atoms with Crippen molar-refractivity contribution < 1.29 is 13.9 Å². The molecule has 0 aliphatic carbocycles. The number of hydrogen-bond acceptors (Lipinski definition) is 5. The Balaban J connectivity index is 1.59. The van der Waals surface area contributed by atoms with Crippen molar-refractivity contribution in [2.75, 3.05) is 36.5 Å². The van der Waals surface area contributed by atoms with Crippen molar-refractivity contribution in [2.24, 2.45) is 0 Å². The van der Waals surface area contributed by atoms with E-state index in [1.165, 1.54) is 4.57 Å². The highest BCUT2D eigenvalue weighted by Crippen LogP contribution is 2.34. The molecule has 1 amide bonds. The smallest absolute Gasteiger partial charge is 0.408 e. The average molecular weight is 388 g/mol. The SMILES string of the molecule is O=C(Cn1c(=O)oc2ccccc21)Nc1cccc(Cl)c1N1CCOCC1. The molecule has 0 saturated carbocycles. The van der Waals surface area contributed by atoms with Crippen LogP contribution in [0, 0.1) is 0 Å². The van der Waals surface area contributed by atoms with Crippen molar-refractivity contribution in [3.05, 3.63) is 58.0 Å². The summed E-state index contributed by atoms with van der Waals surface area (Å²) in [5.41, 5.74) is 2.40. The first-order chi connectivity index (χ1) is 13.1. The molecule has 7 nitrogen and oxygen atoms in total. The minimum absolute atomic E-state index is 0.148. The Labute approximate surface area is 160 Å². The monoisotopic (exact) mass is 387 g/mol. The van der Waals surface area contributed by atoms with E-state index in [-0.39, 0.29) is 12.5 Å². The van der Waals surface area contributed by atoms with E-state index >= 15 is 0 Å². The van der Waals surface area contributed by atoms with Crippen LogP contribution in [0.5, 0.6) is 0 Å². The molecule has 1 aliphatic rings. The maximum Gasteiger partial charge on any atom is 0.420 e. The summed E-state index contributed by atoms with van der Waals surface area (Å²) in [7, 11) is 0. The predicted octanol–water partition coefficient (Wildman–Crippen LogP) is 2.72. The number of halogens is 1. The average Bonchev–Trinajstić information content (AvgIpc) is 2.98. The van der Waals surface area contributed by atoms with Gasteiger partial charge >= 0.3 is 5.76 Å². The maximum absolute atomic E-state index is 12.6. The van der Waals surface area contributed by atoms with Gasteiger partial charge in [0.05, 0.1) is 35.1 Å². The minimum atomic E-state index is -0.564. The number of para-hydroxylation sites is 3. The van der Waals surface area contributed by atoms with Gasteiger partial charge in [0.15, 0.2) is 5.58 Å². The number of fused-ring (bicyclic) bond motifs is 1. The van der Waals surface area contributed by atoms with Gasteiger partial charge in [-0.1, -0.05) is 29.8 Å². The fourth-order valence-corrected chi connectivity index (χ4v) is 3.52. The molecule has 1 N–H and O–H groups in total. The van der Waals surface area contributed by atoms with Crippen LogP contribution in [-0.2, 0) is 16.1 Å². The highest BCUT2D eigenvalue weighted by Gasteiger charge is 2.20. The molecular weight excluding hydrogens is 370 g/mol. The van der Waals surface area contributed by atoms with Crippen LogP contribution in [0.25, 0.3) is 11.1 Å². The van der Waals surface area contributed by atoms with Gasteiger partial charge in [-0.25, -0.2) is 4.79 Å². The molecule has 0 bridgehead atoms. The van der Waals surface area contributed by atoms with Crippen LogP contribution >= 0.6 is 11.6 Å². The number of aromatic nitrogens is 1. The van der Waals surface area contributed by atoms with E-state index in [1.807, 2.05) is 0 Å². The highest BCUT2D eigenvalue weighted by atomic mass is 35.5. The van der Waals surface area contributed by atoms with Gasteiger partial charge in [0.1, 0.15) is 6.54 Å². The first-order valence-corrected chi connectivity index (χ1v) is 9.01. The summed E-state index contributed by atoms with van der Waals surface area (Å²) in [5.74, 6) is -0.897. The lowest BCUT2D eigenvalue weighted by Crippen LogP contribution is -2.37. The normalized spacial score (nSPS) is 14.5. The molecule has 2 heterocycles. The second-order valence-electron chi connectivity index (χ2n) is 6.21. The first kappa shape index (κ1) is 17.6. The Morgan fingerprint density at radius 1 is 1.11 bits per heavy atom. The van der Waals surface area contributed by atoms with Crippen LogP contribution in [0.15, 0.2) is 51.7 Å². The lowest BCUT2D eigenvalue weighted by Gasteiger charge is -2.31. The van der Waals surface area contributed by atoms with Crippen molar-refractivity contribution >= 4 is 40.0 Å². The minimum Gasteiger partial charge on any atom is -0.408 e. The highest BCUT2D eigenvalue weighted by molar-refractivity contribution is 6.34. The third-order valence-corrected chi connectivity index (χ3v) is 4.77. The van der Waals surface area contributed by atoms with E-state index < -0.39 is 5.76 Å². The lowest BCUT2D eigenvalue weighted by atomic mass is 10.2. The Morgan fingerprint density at radius 3 is 2.70 bits per heavy atom. The van der Waals surface area contributed by atoms with Crippen LogP contribution in [0.1, 0.15) is 0 Å². The number of anilines is 2. The molecule has 1 aromatic heterocycles. The topological polar surface area (TPSA) is 76.7 Å². The van der Waals surface area contributed by atoms with Gasteiger partial charge in [-0.2, -0.15) is 0 Å². The van der Waals surface area contributed by atoms with Crippen LogP contribution < -0.4 is 16.0 Å². The van der Waals surface area contributed by atoms with Crippen molar-refractivity contribution in [3.8, 4) is 0 Å². The number of morpholine rings is 1. The van der Waals surface area contributed by atoms with E-state index in [0.29, 0.717) is 48.1 Å². The third-order valence-electron chi connectivity index (χ3n) is 4.46. The molecule has 1 saturated heterocycles. The Kier molecular flexibility index (Phi) is 4.87. The molecule has 8 heteroatoms. The number of oxazole rings is 1. The van der Waals surface area contributed by atoms with Crippen LogP contribution in [0.3, 0.4) is 0 Å². The number of ether oxygens (including phenoxy) is 1. The van der Waals surface area contributed by atoms with Gasteiger partial charge in [-0.15, -0.1) is 0 Å². The second-order valence-corrected chi connectivity index (χ2v) is 6.61. The largest absolute Gasteiger partial charge is 0.420 e. The predicted molar refractivity (Wildman–Crippen MR) is 104 cm³/mol. The summed E-state index contributed by atoms with van der Waals surface area (Å²) in [5, 5.41) is 3.43. The van der Waals surface area contributed by atoms with Crippen molar-refractivity contribution in [1.82, 2.24) is 4.57 Å². The molecule has 3 aromatic rings. The van der Waals surface area contributed by atoms with Crippen molar-refractivity contribution in [1.29, 1.82) is 0 Å². The van der Waals surface area contributed by atoms with E-state index in [0.717, 1.165) is 5.69 Å². The van der Waals surface area contributed by atoms with Gasteiger partial charge < -0.3 is 19.4 Å². The molecule has 0 radical (unpaired) electrons. The zero-order chi connectivity index (χ0) is 18.8. The summed E-state index contributed by atoms with van der Waals surface area (Å²) >= 11 is 6.39. The van der Waals surface area contributed by atoms with E-state index in [2.05, 4.69) is 10.2 Å². The van der Waals surface area contributed by atoms with E-state index in [1.54, 1.807) is 42.5 Å². The lowest BCUT2D eigenvalue weighted by molar-refractivity contribution is -0.116. The van der Waals surface area contributed by atoms with E-state index in [9.17, 15) is 9.59 Å². The second kappa shape index (κ2) is 7.46. The zero-order valence-corrected chi connectivity index (χ0v) is 15.2. The van der Waals surface area contributed by atoms with Crippen LogP contribution in [0.4, 0.5) is 11.4 Å². The Morgan fingerprint density at radius 2 is 1.89 bits per heavy atom. The van der Waals surface area contributed by atoms with Gasteiger partial charge in [0.25, 0.3) is 0 Å². The molecule has 2 aromatic carbocycles. The van der Waals surface area contributed by atoms with Gasteiger partial charge in [0.2, 0.25) is 5.91 Å². The molecule has 1 aliphatic heterocycles. The Hall–Kier alpha value is -2.77.